The Morgan fingerprint density at radius 2 is 1.88 bits per heavy atom. The zero-order valence-electron chi connectivity index (χ0n) is 20.2. The van der Waals surface area contributed by atoms with Gasteiger partial charge in [-0.25, -0.2) is 0 Å². The number of rotatable bonds is 9. The van der Waals surface area contributed by atoms with E-state index in [-0.39, 0.29) is 24.8 Å². The van der Waals surface area contributed by atoms with E-state index >= 15 is 0 Å². The van der Waals surface area contributed by atoms with Gasteiger partial charge in [-0.1, -0.05) is 19.1 Å². The molecule has 0 spiro atoms. The molecular formula is C26H34N4O3S. The predicted octanol–water partition coefficient (Wildman–Crippen LogP) is 4.02. The highest BCUT2D eigenvalue weighted by atomic mass is 32.1. The van der Waals surface area contributed by atoms with Crippen LogP contribution in [0.1, 0.15) is 64.5 Å². The molecule has 1 aromatic heterocycles. The van der Waals surface area contributed by atoms with Gasteiger partial charge >= 0.3 is 0 Å². The second-order valence-corrected chi connectivity index (χ2v) is 10.9. The summed E-state index contributed by atoms with van der Waals surface area (Å²) in [5.74, 6) is -0.144. The third-order valence-electron chi connectivity index (χ3n) is 6.71. The lowest BCUT2D eigenvalue weighted by Crippen LogP contribution is -2.37. The summed E-state index contributed by atoms with van der Waals surface area (Å²) >= 11 is 1.48. The molecule has 1 saturated carbocycles. The van der Waals surface area contributed by atoms with E-state index in [0.29, 0.717) is 29.1 Å². The summed E-state index contributed by atoms with van der Waals surface area (Å²) < 4.78 is 0. The van der Waals surface area contributed by atoms with Gasteiger partial charge in [-0.05, 0) is 74.6 Å². The smallest absolute Gasteiger partial charge is 0.251 e. The predicted molar refractivity (Wildman–Crippen MR) is 136 cm³/mol. The zero-order valence-corrected chi connectivity index (χ0v) is 21.0. The summed E-state index contributed by atoms with van der Waals surface area (Å²) in [6.45, 7) is 6.92. The number of anilines is 2. The SMILES string of the molecule is Cc1ccc(C)c(NC(=O)CN(CCC(=O)Nc2sc3c(c2C(N)=O)CCC(C)C3)C2CC2)c1. The molecule has 1 aromatic carbocycles. The molecular weight excluding hydrogens is 448 g/mol. The lowest BCUT2D eigenvalue weighted by molar-refractivity contribution is -0.119. The third-order valence-corrected chi connectivity index (χ3v) is 7.88. The first kappa shape index (κ1) is 24.4. The molecule has 4 N–H and O–H groups in total. The van der Waals surface area contributed by atoms with Crippen LogP contribution in [-0.2, 0) is 22.4 Å². The Morgan fingerprint density at radius 1 is 1.12 bits per heavy atom. The standard InChI is InChI=1S/C26H34N4O3S/c1-15-4-6-17(3)20(12-15)28-23(32)14-30(18-7-8-18)11-10-22(31)29-26-24(25(27)33)19-9-5-16(2)13-21(19)34-26/h4,6,12,16,18H,5,7-11,13-14H2,1-3H3,(H2,27,33)(H,28,32)(H,29,31). The molecule has 7 nitrogen and oxygen atoms in total. The van der Waals surface area contributed by atoms with E-state index in [9.17, 15) is 14.4 Å². The maximum atomic E-state index is 12.8. The molecule has 0 bridgehead atoms. The number of nitrogens with zero attached hydrogens (tertiary/aromatic N) is 1. The minimum absolute atomic E-state index is 0.0722. The number of nitrogens with one attached hydrogen (secondary N) is 2. The van der Waals surface area contributed by atoms with Crippen LogP contribution in [-0.4, -0.2) is 41.8 Å². The monoisotopic (exact) mass is 482 g/mol. The first-order chi connectivity index (χ1) is 16.2. The molecule has 1 heterocycles. The van der Waals surface area contributed by atoms with Crippen molar-refractivity contribution in [1.82, 2.24) is 4.90 Å². The fourth-order valence-corrected chi connectivity index (χ4v) is 6.04. The molecule has 8 heteroatoms. The summed E-state index contributed by atoms with van der Waals surface area (Å²) in [6.07, 6.45) is 5.11. The number of nitrogens with two attached hydrogens (primary N) is 1. The van der Waals surface area contributed by atoms with Crippen molar-refractivity contribution < 1.29 is 14.4 Å². The fraction of sp³-hybridized carbons (Fsp3) is 0.500. The Bertz CT molecular complexity index is 1110. The van der Waals surface area contributed by atoms with Crippen LogP contribution in [0.3, 0.4) is 0 Å². The van der Waals surface area contributed by atoms with Crippen LogP contribution in [0.5, 0.6) is 0 Å². The van der Waals surface area contributed by atoms with Crippen molar-refractivity contribution in [3.8, 4) is 0 Å². The van der Waals surface area contributed by atoms with Gasteiger partial charge in [0.05, 0.1) is 12.1 Å². The second-order valence-electron chi connectivity index (χ2n) is 9.79. The van der Waals surface area contributed by atoms with E-state index in [1.54, 1.807) is 0 Å². The first-order valence-corrected chi connectivity index (χ1v) is 12.9. The number of carbonyl (C=O) groups excluding carboxylic acids is 3. The van der Waals surface area contributed by atoms with Crippen molar-refractivity contribution in [3.05, 3.63) is 45.3 Å². The molecule has 4 rings (SSSR count). The van der Waals surface area contributed by atoms with Gasteiger partial charge in [0, 0.05) is 29.6 Å². The van der Waals surface area contributed by atoms with Gasteiger partial charge in [0.25, 0.3) is 5.91 Å². The summed E-state index contributed by atoms with van der Waals surface area (Å²) in [5.41, 5.74) is 10.1. The summed E-state index contributed by atoms with van der Waals surface area (Å²) in [4.78, 5) is 40.9. The van der Waals surface area contributed by atoms with E-state index in [1.165, 1.54) is 11.3 Å². The number of benzene rings is 1. The van der Waals surface area contributed by atoms with Crippen LogP contribution in [0.25, 0.3) is 0 Å². The molecule has 34 heavy (non-hydrogen) atoms. The van der Waals surface area contributed by atoms with Crippen LogP contribution in [0.4, 0.5) is 10.7 Å². The van der Waals surface area contributed by atoms with Crippen LogP contribution >= 0.6 is 11.3 Å². The van der Waals surface area contributed by atoms with Crippen molar-refractivity contribution in [2.75, 3.05) is 23.7 Å². The maximum Gasteiger partial charge on any atom is 0.251 e. The van der Waals surface area contributed by atoms with Crippen molar-refractivity contribution in [3.63, 3.8) is 0 Å². The van der Waals surface area contributed by atoms with Gasteiger partial charge in [-0.3, -0.25) is 19.3 Å². The molecule has 2 aromatic rings. The summed E-state index contributed by atoms with van der Waals surface area (Å²) in [6, 6.07) is 6.33. The number of hydrogen-bond donors (Lipinski definition) is 3. The average Bonchev–Trinajstić information content (AvgIpc) is 3.55. The molecule has 0 saturated heterocycles. The Labute approximate surface area is 205 Å². The molecule has 2 aliphatic rings. The molecule has 1 fully saturated rings. The average molecular weight is 483 g/mol. The van der Waals surface area contributed by atoms with Crippen LogP contribution in [0, 0.1) is 19.8 Å². The Hall–Kier alpha value is -2.71. The van der Waals surface area contributed by atoms with Gasteiger partial charge < -0.3 is 16.4 Å². The lowest BCUT2D eigenvalue weighted by Gasteiger charge is -2.21. The quantitative estimate of drug-likeness (QED) is 0.502. The van der Waals surface area contributed by atoms with Crippen molar-refractivity contribution in [2.45, 2.75) is 65.3 Å². The normalized spacial score (nSPS) is 17.4. The summed E-state index contributed by atoms with van der Waals surface area (Å²) in [5, 5.41) is 6.52. The maximum absolute atomic E-state index is 12.8. The van der Waals surface area contributed by atoms with Crippen LogP contribution in [0.2, 0.25) is 0 Å². The van der Waals surface area contributed by atoms with E-state index < -0.39 is 5.91 Å². The van der Waals surface area contributed by atoms with Gasteiger partial charge in [0.2, 0.25) is 11.8 Å². The Morgan fingerprint density at radius 3 is 2.59 bits per heavy atom. The van der Waals surface area contributed by atoms with Crippen LogP contribution in [0.15, 0.2) is 18.2 Å². The molecule has 1 atom stereocenters. The number of fused-ring (bicyclic) bond motifs is 1. The molecule has 0 aliphatic heterocycles. The summed E-state index contributed by atoms with van der Waals surface area (Å²) in [7, 11) is 0. The molecule has 0 radical (unpaired) electrons. The number of hydrogen-bond acceptors (Lipinski definition) is 5. The van der Waals surface area contributed by atoms with E-state index in [2.05, 4.69) is 22.5 Å². The molecule has 182 valence electrons. The highest BCUT2D eigenvalue weighted by Gasteiger charge is 2.31. The molecule has 1 unspecified atom stereocenters. The van der Waals surface area contributed by atoms with Crippen LogP contribution < -0.4 is 16.4 Å². The van der Waals surface area contributed by atoms with E-state index in [4.69, 9.17) is 5.73 Å². The lowest BCUT2D eigenvalue weighted by atomic mass is 9.88. The number of amides is 3. The van der Waals surface area contributed by atoms with Gasteiger partial charge in [0.1, 0.15) is 5.00 Å². The zero-order chi connectivity index (χ0) is 24.4. The first-order valence-electron chi connectivity index (χ1n) is 12.1. The minimum Gasteiger partial charge on any atom is -0.365 e. The van der Waals surface area contributed by atoms with Gasteiger partial charge in [-0.15, -0.1) is 11.3 Å². The number of aryl methyl sites for hydroxylation is 2. The molecule has 2 aliphatic carbocycles. The van der Waals surface area contributed by atoms with Gasteiger partial charge in [-0.2, -0.15) is 0 Å². The van der Waals surface area contributed by atoms with E-state index in [1.807, 2.05) is 32.0 Å². The fourth-order valence-electron chi connectivity index (χ4n) is 4.61. The van der Waals surface area contributed by atoms with Crippen molar-refractivity contribution in [1.29, 1.82) is 0 Å². The van der Waals surface area contributed by atoms with E-state index in [0.717, 1.165) is 59.4 Å². The minimum atomic E-state index is -0.481. The topological polar surface area (TPSA) is 105 Å². The Balaban J connectivity index is 1.35. The second kappa shape index (κ2) is 10.3. The third kappa shape index (κ3) is 5.85. The highest BCUT2D eigenvalue weighted by Crippen LogP contribution is 2.39. The van der Waals surface area contributed by atoms with Gasteiger partial charge in [0.15, 0.2) is 0 Å². The number of carbonyl (C=O) groups is 3. The number of primary amides is 1. The Kier molecular flexibility index (Phi) is 7.38. The van der Waals surface area contributed by atoms with Crippen molar-refractivity contribution >= 4 is 39.7 Å². The largest absolute Gasteiger partial charge is 0.365 e. The number of thiophene rings is 1. The molecule has 3 amide bonds. The highest BCUT2D eigenvalue weighted by molar-refractivity contribution is 7.17. The van der Waals surface area contributed by atoms with Crippen molar-refractivity contribution in [2.24, 2.45) is 11.7 Å².